The van der Waals surface area contributed by atoms with Crippen LogP contribution in [0.5, 0.6) is 0 Å². The summed E-state index contributed by atoms with van der Waals surface area (Å²) in [6, 6.07) is 2.00. The molecule has 2 heteroatoms. The molecule has 0 heterocycles. The number of hydrogen-bond donors (Lipinski definition) is 0. The zero-order chi connectivity index (χ0) is 11.7. The van der Waals surface area contributed by atoms with E-state index in [-0.39, 0.29) is 5.78 Å². The molecule has 2 nitrogen and oxygen atoms in total. The van der Waals surface area contributed by atoms with Crippen LogP contribution in [0.2, 0.25) is 0 Å². The maximum atomic E-state index is 11.3. The average molecular weight is 207 g/mol. The lowest BCUT2D eigenvalue weighted by molar-refractivity contribution is -0.119. The summed E-state index contributed by atoms with van der Waals surface area (Å²) in [5, 5.41) is 8.34. The van der Waals surface area contributed by atoms with Crippen molar-refractivity contribution in [3.63, 3.8) is 0 Å². The summed E-state index contributed by atoms with van der Waals surface area (Å²) >= 11 is 0. The molecule has 0 aliphatic carbocycles. The Labute approximate surface area is 93.0 Å². The zero-order valence-corrected chi connectivity index (χ0v) is 10.0. The number of Topliss-reactive ketones (excluding diaryl/α,β-unsaturated/α-hetero) is 1. The fourth-order valence-corrected chi connectivity index (χ4v) is 1.44. The smallest absolute Gasteiger partial charge is 0.134 e. The van der Waals surface area contributed by atoms with Gasteiger partial charge in [0.05, 0.1) is 6.07 Å². The van der Waals surface area contributed by atoms with E-state index < -0.39 is 0 Å². The van der Waals surface area contributed by atoms with E-state index in [9.17, 15) is 4.79 Å². The minimum atomic E-state index is 0.223. The van der Waals surface area contributed by atoms with Crippen LogP contribution in [0.3, 0.4) is 0 Å². The van der Waals surface area contributed by atoms with E-state index >= 15 is 0 Å². The van der Waals surface area contributed by atoms with Gasteiger partial charge in [-0.05, 0) is 32.6 Å². The van der Waals surface area contributed by atoms with E-state index in [4.69, 9.17) is 5.26 Å². The van der Waals surface area contributed by atoms with Crippen molar-refractivity contribution >= 4 is 5.78 Å². The van der Waals surface area contributed by atoms with Gasteiger partial charge in [0.1, 0.15) is 5.78 Å². The van der Waals surface area contributed by atoms with Crippen LogP contribution < -0.4 is 0 Å². The number of allylic oxidation sites excluding steroid dienone is 2. The van der Waals surface area contributed by atoms with Crippen molar-refractivity contribution < 1.29 is 4.79 Å². The van der Waals surface area contributed by atoms with Gasteiger partial charge in [-0.15, -0.1) is 0 Å². The van der Waals surface area contributed by atoms with Crippen molar-refractivity contribution in [2.24, 2.45) is 5.92 Å². The lowest BCUT2D eigenvalue weighted by Crippen LogP contribution is -2.04. The third-order valence-corrected chi connectivity index (χ3v) is 2.30. The Kier molecular flexibility index (Phi) is 7.62. The molecule has 0 aromatic carbocycles. The molecule has 1 atom stereocenters. The molecule has 0 radical (unpaired) electrons. The van der Waals surface area contributed by atoms with Crippen molar-refractivity contribution in [1.82, 2.24) is 0 Å². The van der Waals surface area contributed by atoms with Crippen molar-refractivity contribution in [2.45, 2.75) is 52.9 Å². The summed E-state index contributed by atoms with van der Waals surface area (Å²) in [6.45, 7) is 6.27. The Hall–Kier alpha value is -1.10. The first-order chi connectivity index (χ1) is 7.06. The number of carbonyl (C=O) groups is 1. The normalized spacial score (nSPS) is 11.6. The molecule has 0 aromatic heterocycles. The van der Waals surface area contributed by atoms with Gasteiger partial charge in [-0.2, -0.15) is 5.26 Å². The van der Waals surface area contributed by atoms with E-state index in [1.54, 1.807) is 0 Å². The molecule has 0 aromatic rings. The highest BCUT2D eigenvalue weighted by Gasteiger charge is 2.07. The second-order valence-electron chi connectivity index (χ2n) is 4.36. The van der Waals surface area contributed by atoms with E-state index in [0.29, 0.717) is 25.2 Å². The summed E-state index contributed by atoms with van der Waals surface area (Å²) in [6.07, 6.45) is 5.72. The predicted molar refractivity (Wildman–Crippen MR) is 62.3 cm³/mol. The molecule has 0 N–H and O–H groups in total. The summed E-state index contributed by atoms with van der Waals surface area (Å²) in [7, 11) is 0. The SMILES string of the molecule is CC(C)=CCCC(C)CC(=O)CCC#N. The van der Waals surface area contributed by atoms with E-state index in [2.05, 4.69) is 26.8 Å². The van der Waals surface area contributed by atoms with Crippen LogP contribution in [0.25, 0.3) is 0 Å². The highest BCUT2D eigenvalue weighted by molar-refractivity contribution is 5.78. The van der Waals surface area contributed by atoms with Crippen molar-refractivity contribution in [1.29, 1.82) is 5.26 Å². The maximum Gasteiger partial charge on any atom is 0.134 e. The van der Waals surface area contributed by atoms with Crippen molar-refractivity contribution in [3.8, 4) is 6.07 Å². The van der Waals surface area contributed by atoms with Crippen LogP contribution >= 0.6 is 0 Å². The van der Waals surface area contributed by atoms with E-state index in [0.717, 1.165) is 12.8 Å². The largest absolute Gasteiger partial charge is 0.300 e. The summed E-state index contributed by atoms with van der Waals surface area (Å²) < 4.78 is 0. The maximum absolute atomic E-state index is 11.3. The van der Waals surface area contributed by atoms with Gasteiger partial charge in [0, 0.05) is 19.3 Å². The van der Waals surface area contributed by atoms with E-state index in [1.807, 2.05) is 6.07 Å². The molecule has 0 spiro atoms. The molecule has 0 fully saturated rings. The fourth-order valence-electron chi connectivity index (χ4n) is 1.44. The Morgan fingerprint density at radius 2 is 2.13 bits per heavy atom. The zero-order valence-electron chi connectivity index (χ0n) is 10.0. The lowest BCUT2D eigenvalue weighted by Gasteiger charge is -2.08. The number of rotatable bonds is 7. The summed E-state index contributed by atoms with van der Waals surface area (Å²) in [5.74, 6) is 0.660. The van der Waals surface area contributed by atoms with Gasteiger partial charge in [0.15, 0.2) is 0 Å². The molecular weight excluding hydrogens is 186 g/mol. The average Bonchev–Trinajstić information content (AvgIpc) is 2.14. The molecule has 0 rings (SSSR count). The molecule has 84 valence electrons. The molecule has 1 unspecified atom stereocenters. The highest BCUT2D eigenvalue weighted by atomic mass is 16.1. The number of ketones is 1. The molecule has 0 aliphatic heterocycles. The third-order valence-electron chi connectivity index (χ3n) is 2.30. The van der Waals surface area contributed by atoms with Gasteiger partial charge < -0.3 is 0 Å². The Bertz CT molecular complexity index is 256. The summed E-state index contributed by atoms with van der Waals surface area (Å²) in [4.78, 5) is 11.3. The first-order valence-corrected chi connectivity index (χ1v) is 5.58. The molecule has 0 aliphatic rings. The van der Waals surface area contributed by atoms with Gasteiger partial charge in [0.25, 0.3) is 0 Å². The number of nitriles is 1. The minimum Gasteiger partial charge on any atom is -0.300 e. The van der Waals surface area contributed by atoms with Gasteiger partial charge in [-0.1, -0.05) is 18.6 Å². The Morgan fingerprint density at radius 1 is 1.47 bits per heavy atom. The molecule has 0 bridgehead atoms. The highest BCUT2D eigenvalue weighted by Crippen LogP contribution is 2.13. The van der Waals surface area contributed by atoms with Crippen LogP contribution in [0.15, 0.2) is 11.6 Å². The number of carbonyl (C=O) groups excluding carboxylic acids is 1. The van der Waals surface area contributed by atoms with Crippen LogP contribution in [0.4, 0.5) is 0 Å². The van der Waals surface area contributed by atoms with Crippen LogP contribution in [0.1, 0.15) is 52.9 Å². The standard InChI is InChI=1S/C13H21NO/c1-11(2)6-4-7-12(3)10-13(15)8-5-9-14/h6,12H,4-5,7-8,10H2,1-3H3. The number of hydrogen-bond acceptors (Lipinski definition) is 2. The topological polar surface area (TPSA) is 40.9 Å². The quantitative estimate of drug-likeness (QED) is 0.598. The van der Waals surface area contributed by atoms with Gasteiger partial charge in [0.2, 0.25) is 0 Å². The number of nitrogens with zero attached hydrogens (tertiary/aromatic N) is 1. The van der Waals surface area contributed by atoms with Crippen LogP contribution in [-0.4, -0.2) is 5.78 Å². The second kappa shape index (κ2) is 8.23. The van der Waals surface area contributed by atoms with Crippen LogP contribution in [0, 0.1) is 17.2 Å². The minimum absolute atomic E-state index is 0.223. The first-order valence-electron chi connectivity index (χ1n) is 5.58. The second-order valence-corrected chi connectivity index (χ2v) is 4.36. The molecule has 15 heavy (non-hydrogen) atoms. The van der Waals surface area contributed by atoms with Gasteiger partial charge >= 0.3 is 0 Å². The predicted octanol–water partition coefficient (Wildman–Crippen LogP) is 3.63. The monoisotopic (exact) mass is 207 g/mol. The van der Waals surface area contributed by atoms with Crippen molar-refractivity contribution in [3.05, 3.63) is 11.6 Å². The molecule has 0 amide bonds. The fraction of sp³-hybridized carbons (Fsp3) is 0.692. The first kappa shape index (κ1) is 13.9. The van der Waals surface area contributed by atoms with E-state index in [1.165, 1.54) is 5.57 Å². The molecule has 0 saturated carbocycles. The Morgan fingerprint density at radius 3 is 2.67 bits per heavy atom. The summed E-state index contributed by atoms with van der Waals surface area (Å²) in [5.41, 5.74) is 1.33. The van der Waals surface area contributed by atoms with Crippen LogP contribution in [-0.2, 0) is 4.79 Å². The molecular formula is C13H21NO. The third kappa shape index (κ3) is 9.21. The Balaban J connectivity index is 3.65. The molecule has 0 saturated heterocycles. The van der Waals surface area contributed by atoms with Crippen molar-refractivity contribution in [2.75, 3.05) is 0 Å². The van der Waals surface area contributed by atoms with Gasteiger partial charge in [-0.3, -0.25) is 4.79 Å². The van der Waals surface area contributed by atoms with Gasteiger partial charge in [-0.25, -0.2) is 0 Å². The lowest BCUT2D eigenvalue weighted by atomic mass is 9.97.